The van der Waals surface area contributed by atoms with Gasteiger partial charge in [0, 0.05) is 13.1 Å². The van der Waals surface area contributed by atoms with Crippen LogP contribution in [0.4, 0.5) is 0 Å². The molecule has 0 radical (unpaired) electrons. The Bertz CT molecular complexity index is 507. The number of nitrogens with one attached hydrogen (secondary N) is 1. The molecule has 0 bridgehead atoms. The first-order chi connectivity index (χ1) is 10.6. The van der Waals surface area contributed by atoms with E-state index in [1.54, 1.807) is 7.11 Å². The predicted molar refractivity (Wildman–Crippen MR) is 81.6 cm³/mol. The molecular weight excluding hydrogens is 284 g/mol. The Hall–Kier alpha value is -2.08. The number of piperidine rings is 1. The Kier molecular flexibility index (Phi) is 5.77. The van der Waals surface area contributed by atoms with Gasteiger partial charge in [0.2, 0.25) is 5.91 Å². The first-order valence-electron chi connectivity index (χ1n) is 7.43. The van der Waals surface area contributed by atoms with E-state index in [1.807, 2.05) is 24.3 Å². The molecule has 6 nitrogen and oxygen atoms in total. The van der Waals surface area contributed by atoms with E-state index in [4.69, 9.17) is 9.84 Å². The Balaban J connectivity index is 1.70. The van der Waals surface area contributed by atoms with Crippen molar-refractivity contribution in [1.82, 2.24) is 10.2 Å². The SMILES string of the molecule is COc1ccc(CC(=O)NCN2CCC(C(=O)O)CC2)cc1. The maximum Gasteiger partial charge on any atom is 0.306 e. The Morgan fingerprint density at radius 3 is 2.45 bits per heavy atom. The quantitative estimate of drug-likeness (QED) is 0.823. The van der Waals surface area contributed by atoms with Crippen LogP contribution in [0, 0.1) is 5.92 Å². The van der Waals surface area contributed by atoms with Gasteiger partial charge in [-0.25, -0.2) is 0 Å². The average Bonchev–Trinajstić information content (AvgIpc) is 2.54. The summed E-state index contributed by atoms with van der Waals surface area (Å²) in [5.41, 5.74) is 0.933. The average molecular weight is 306 g/mol. The molecule has 1 amide bonds. The summed E-state index contributed by atoms with van der Waals surface area (Å²) in [6.07, 6.45) is 1.61. The highest BCUT2D eigenvalue weighted by atomic mass is 16.5. The number of amides is 1. The minimum atomic E-state index is -0.719. The summed E-state index contributed by atoms with van der Waals surface area (Å²) < 4.78 is 5.08. The Morgan fingerprint density at radius 2 is 1.91 bits per heavy atom. The highest BCUT2D eigenvalue weighted by Gasteiger charge is 2.24. The van der Waals surface area contributed by atoms with Crippen LogP contribution in [0.5, 0.6) is 5.75 Å². The molecule has 22 heavy (non-hydrogen) atoms. The van der Waals surface area contributed by atoms with Crippen LogP contribution in [-0.2, 0) is 16.0 Å². The molecule has 1 aromatic carbocycles. The maximum absolute atomic E-state index is 11.9. The molecule has 0 atom stereocenters. The number of methoxy groups -OCH3 is 1. The van der Waals surface area contributed by atoms with E-state index < -0.39 is 5.97 Å². The van der Waals surface area contributed by atoms with Crippen LogP contribution in [0.1, 0.15) is 18.4 Å². The molecule has 1 aliphatic heterocycles. The van der Waals surface area contributed by atoms with E-state index >= 15 is 0 Å². The van der Waals surface area contributed by atoms with E-state index in [1.165, 1.54) is 0 Å². The second-order valence-corrected chi connectivity index (χ2v) is 5.51. The van der Waals surface area contributed by atoms with Crippen LogP contribution in [0.25, 0.3) is 0 Å². The fourth-order valence-electron chi connectivity index (χ4n) is 2.53. The van der Waals surface area contributed by atoms with Gasteiger partial charge in [-0.1, -0.05) is 12.1 Å². The fraction of sp³-hybridized carbons (Fsp3) is 0.500. The number of likely N-dealkylation sites (tertiary alicyclic amines) is 1. The third kappa shape index (κ3) is 4.73. The Morgan fingerprint density at radius 1 is 1.27 bits per heavy atom. The summed E-state index contributed by atoms with van der Waals surface area (Å²) in [4.78, 5) is 24.9. The van der Waals surface area contributed by atoms with Gasteiger partial charge in [0.1, 0.15) is 5.75 Å². The zero-order valence-electron chi connectivity index (χ0n) is 12.7. The van der Waals surface area contributed by atoms with Gasteiger partial charge in [-0.15, -0.1) is 0 Å². The molecule has 1 heterocycles. The topological polar surface area (TPSA) is 78.9 Å². The van der Waals surface area contributed by atoms with Crippen molar-refractivity contribution in [2.45, 2.75) is 19.3 Å². The first-order valence-corrected chi connectivity index (χ1v) is 7.43. The molecule has 0 unspecified atom stereocenters. The van der Waals surface area contributed by atoms with Crippen LogP contribution in [0.2, 0.25) is 0 Å². The third-order valence-electron chi connectivity index (χ3n) is 3.96. The summed E-state index contributed by atoms with van der Waals surface area (Å²) in [7, 11) is 1.61. The molecule has 1 saturated heterocycles. The number of carboxylic acid groups (broad SMARTS) is 1. The molecule has 0 aromatic heterocycles. The largest absolute Gasteiger partial charge is 0.497 e. The van der Waals surface area contributed by atoms with Crippen molar-refractivity contribution < 1.29 is 19.4 Å². The zero-order valence-corrected chi connectivity index (χ0v) is 12.7. The van der Waals surface area contributed by atoms with E-state index in [2.05, 4.69) is 10.2 Å². The maximum atomic E-state index is 11.9. The number of hydrogen-bond acceptors (Lipinski definition) is 4. The number of rotatable bonds is 6. The summed E-state index contributed by atoms with van der Waals surface area (Å²) in [6, 6.07) is 7.41. The van der Waals surface area contributed by atoms with Crippen LogP contribution >= 0.6 is 0 Å². The Labute approximate surface area is 130 Å². The number of carbonyl (C=O) groups is 2. The van der Waals surface area contributed by atoms with Crippen LogP contribution in [-0.4, -0.2) is 48.8 Å². The smallest absolute Gasteiger partial charge is 0.306 e. The van der Waals surface area contributed by atoms with Crippen molar-refractivity contribution in [3.8, 4) is 5.75 Å². The van der Waals surface area contributed by atoms with Crippen molar-refractivity contribution in [3.63, 3.8) is 0 Å². The van der Waals surface area contributed by atoms with Crippen LogP contribution < -0.4 is 10.1 Å². The van der Waals surface area contributed by atoms with E-state index in [0.29, 0.717) is 39.0 Å². The van der Waals surface area contributed by atoms with Gasteiger partial charge in [-0.05, 0) is 30.5 Å². The van der Waals surface area contributed by atoms with Crippen molar-refractivity contribution in [3.05, 3.63) is 29.8 Å². The van der Waals surface area contributed by atoms with Gasteiger partial charge in [0.05, 0.1) is 26.1 Å². The number of carboxylic acids is 1. The number of carbonyl (C=O) groups excluding carboxylic acids is 1. The lowest BCUT2D eigenvalue weighted by Gasteiger charge is -2.29. The van der Waals surface area contributed by atoms with E-state index in [-0.39, 0.29) is 11.8 Å². The van der Waals surface area contributed by atoms with E-state index in [0.717, 1.165) is 11.3 Å². The lowest BCUT2D eigenvalue weighted by atomic mass is 9.97. The van der Waals surface area contributed by atoms with Crippen molar-refractivity contribution in [2.24, 2.45) is 5.92 Å². The molecule has 1 aromatic rings. The molecule has 6 heteroatoms. The number of benzene rings is 1. The van der Waals surface area contributed by atoms with Gasteiger partial charge >= 0.3 is 5.97 Å². The molecule has 0 spiro atoms. The van der Waals surface area contributed by atoms with Gasteiger partial charge in [-0.2, -0.15) is 0 Å². The normalized spacial score (nSPS) is 16.2. The molecule has 1 fully saturated rings. The summed E-state index contributed by atoms with van der Waals surface area (Å²) >= 11 is 0. The second-order valence-electron chi connectivity index (χ2n) is 5.51. The molecule has 2 N–H and O–H groups in total. The third-order valence-corrected chi connectivity index (χ3v) is 3.96. The van der Waals surface area contributed by atoms with Gasteiger partial charge in [-0.3, -0.25) is 14.5 Å². The minimum Gasteiger partial charge on any atom is -0.497 e. The molecule has 120 valence electrons. The molecule has 0 aliphatic carbocycles. The van der Waals surface area contributed by atoms with Crippen molar-refractivity contribution in [2.75, 3.05) is 26.9 Å². The highest BCUT2D eigenvalue weighted by Crippen LogP contribution is 2.16. The summed E-state index contributed by atoms with van der Waals surface area (Å²) in [5.74, 6) is -0.231. The van der Waals surface area contributed by atoms with Gasteiger partial charge < -0.3 is 15.2 Å². The monoisotopic (exact) mass is 306 g/mol. The van der Waals surface area contributed by atoms with Gasteiger partial charge in [0.25, 0.3) is 0 Å². The summed E-state index contributed by atoms with van der Waals surface area (Å²) in [5, 5.41) is 11.8. The number of nitrogens with zero attached hydrogens (tertiary/aromatic N) is 1. The number of ether oxygens (including phenoxy) is 1. The van der Waals surface area contributed by atoms with Gasteiger partial charge in [0.15, 0.2) is 0 Å². The minimum absolute atomic E-state index is 0.0366. The lowest BCUT2D eigenvalue weighted by molar-refractivity contribution is -0.143. The number of aliphatic carboxylic acids is 1. The van der Waals surface area contributed by atoms with E-state index in [9.17, 15) is 9.59 Å². The molecular formula is C16H22N2O4. The fourth-order valence-corrected chi connectivity index (χ4v) is 2.53. The predicted octanol–water partition coefficient (Wildman–Crippen LogP) is 1.11. The van der Waals surface area contributed by atoms with Crippen molar-refractivity contribution in [1.29, 1.82) is 0 Å². The molecule has 1 aliphatic rings. The van der Waals surface area contributed by atoms with Crippen molar-refractivity contribution >= 4 is 11.9 Å². The van der Waals surface area contributed by atoms with Crippen LogP contribution in [0.3, 0.4) is 0 Å². The zero-order chi connectivity index (χ0) is 15.9. The standard InChI is InChI=1S/C16H22N2O4/c1-22-14-4-2-12(3-5-14)10-15(19)17-11-18-8-6-13(7-9-18)16(20)21/h2-5,13H,6-11H2,1H3,(H,17,19)(H,20,21). The summed E-state index contributed by atoms with van der Waals surface area (Å²) in [6.45, 7) is 1.89. The molecule has 2 rings (SSSR count). The highest BCUT2D eigenvalue weighted by molar-refractivity contribution is 5.78. The van der Waals surface area contributed by atoms with Crippen LogP contribution in [0.15, 0.2) is 24.3 Å². The first kappa shape index (κ1) is 16.3. The second kappa shape index (κ2) is 7.79. The number of hydrogen-bond donors (Lipinski definition) is 2. The molecule has 0 saturated carbocycles. The lowest BCUT2D eigenvalue weighted by Crippen LogP contribution is -2.43.